The van der Waals surface area contributed by atoms with Gasteiger partial charge in [-0.15, -0.1) is 0 Å². The minimum absolute atomic E-state index is 0.104. The Labute approximate surface area is 114 Å². The first-order chi connectivity index (χ1) is 9.11. The molecule has 2 aliphatic heterocycles. The quantitative estimate of drug-likeness (QED) is 0.823. The number of carbonyl (C=O) groups excluding carboxylic acids is 1. The molecule has 2 heterocycles. The molecule has 0 atom stereocenters. The monoisotopic (exact) mass is 265 g/mol. The van der Waals surface area contributed by atoms with E-state index in [1.165, 1.54) is 0 Å². The third kappa shape index (κ3) is 4.19. The number of amides is 1. The summed E-state index contributed by atoms with van der Waals surface area (Å²) in [6, 6.07) is 2.65. The molecule has 2 fully saturated rings. The number of carbonyl (C=O) groups is 1. The predicted octanol–water partition coefficient (Wildman–Crippen LogP) is 0.907. The molecular weight excluding hydrogens is 242 g/mol. The van der Waals surface area contributed by atoms with E-state index in [4.69, 9.17) is 10.00 Å². The normalized spacial score (nSPS) is 24.6. The summed E-state index contributed by atoms with van der Waals surface area (Å²) in [6.45, 7) is 5.63. The number of likely N-dealkylation sites (tertiary alicyclic amines) is 1. The van der Waals surface area contributed by atoms with Crippen LogP contribution in [0.1, 0.15) is 32.6 Å². The van der Waals surface area contributed by atoms with Crippen LogP contribution in [0.15, 0.2) is 0 Å². The first-order valence-corrected chi connectivity index (χ1v) is 7.12. The van der Waals surface area contributed by atoms with Crippen molar-refractivity contribution in [2.75, 3.05) is 32.8 Å². The molecule has 0 aromatic carbocycles. The summed E-state index contributed by atoms with van der Waals surface area (Å²) in [4.78, 5) is 14.1. The smallest absolute Gasteiger partial charge is 0.234 e. The molecule has 1 N–H and O–H groups in total. The topological polar surface area (TPSA) is 65.4 Å². The first kappa shape index (κ1) is 14.3. The van der Waals surface area contributed by atoms with Crippen molar-refractivity contribution in [3.63, 3.8) is 0 Å². The Bertz CT molecular complexity index is 350. The van der Waals surface area contributed by atoms with Crippen molar-refractivity contribution in [3.05, 3.63) is 0 Å². The van der Waals surface area contributed by atoms with Crippen molar-refractivity contribution in [3.8, 4) is 6.07 Å². The van der Waals surface area contributed by atoms with Crippen molar-refractivity contribution in [1.29, 1.82) is 5.26 Å². The van der Waals surface area contributed by atoms with Crippen molar-refractivity contribution in [2.45, 2.75) is 38.6 Å². The van der Waals surface area contributed by atoms with Crippen LogP contribution in [0.2, 0.25) is 0 Å². The van der Waals surface area contributed by atoms with Gasteiger partial charge < -0.3 is 10.1 Å². The fraction of sp³-hybridized carbons (Fsp3) is 0.857. The van der Waals surface area contributed by atoms with Crippen LogP contribution in [0.5, 0.6) is 0 Å². The zero-order valence-corrected chi connectivity index (χ0v) is 11.7. The summed E-state index contributed by atoms with van der Waals surface area (Å²) < 4.78 is 5.27. The van der Waals surface area contributed by atoms with Gasteiger partial charge in [-0.25, -0.2) is 0 Å². The Balaban J connectivity index is 1.70. The molecule has 0 bridgehead atoms. The lowest BCUT2D eigenvalue weighted by molar-refractivity contribution is -0.124. The molecule has 19 heavy (non-hydrogen) atoms. The molecule has 5 heteroatoms. The molecule has 0 spiro atoms. The lowest BCUT2D eigenvalue weighted by atomic mass is 9.82. The van der Waals surface area contributed by atoms with Gasteiger partial charge in [0.1, 0.15) is 0 Å². The van der Waals surface area contributed by atoms with E-state index in [1.807, 2.05) is 6.92 Å². The van der Waals surface area contributed by atoms with Crippen LogP contribution in [0.3, 0.4) is 0 Å². The van der Waals surface area contributed by atoms with Gasteiger partial charge in [0.15, 0.2) is 0 Å². The van der Waals surface area contributed by atoms with Crippen molar-refractivity contribution in [1.82, 2.24) is 10.2 Å². The third-order valence-electron chi connectivity index (χ3n) is 4.18. The van der Waals surface area contributed by atoms with E-state index in [0.717, 1.165) is 52.0 Å². The number of rotatable bonds is 3. The number of piperidine rings is 1. The molecule has 5 nitrogen and oxygen atoms in total. The Morgan fingerprint density at radius 3 is 2.63 bits per heavy atom. The molecule has 0 unspecified atom stereocenters. The van der Waals surface area contributed by atoms with E-state index in [2.05, 4.69) is 16.3 Å². The maximum absolute atomic E-state index is 12.0. The number of hydrogen-bond acceptors (Lipinski definition) is 4. The minimum atomic E-state index is -0.201. The molecule has 0 radical (unpaired) electrons. The highest BCUT2D eigenvalue weighted by Gasteiger charge is 2.30. The highest BCUT2D eigenvalue weighted by Crippen LogP contribution is 2.29. The Kier molecular flexibility index (Phi) is 4.78. The summed E-state index contributed by atoms with van der Waals surface area (Å²) in [5, 5.41) is 12.2. The van der Waals surface area contributed by atoms with E-state index in [0.29, 0.717) is 6.54 Å². The second kappa shape index (κ2) is 6.36. The highest BCUT2D eigenvalue weighted by molar-refractivity contribution is 5.78. The van der Waals surface area contributed by atoms with Crippen LogP contribution < -0.4 is 5.32 Å². The standard InChI is InChI=1S/C14H23N3O2/c1-14(11-15)4-6-17(7-5-14)10-13(18)16-12-2-8-19-9-3-12/h12H,2-10H2,1H3,(H,16,18). The summed E-state index contributed by atoms with van der Waals surface area (Å²) >= 11 is 0. The van der Waals surface area contributed by atoms with E-state index < -0.39 is 0 Å². The van der Waals surface area contributed by atoms with Crippen molar-refractivity contribution >= 4 is 5.91 Å². The summed E-state index contributed by atoms with van der Waals surface area (Å²) in [6.07, 6.45) is 3.54. The SMILES string of the molecule is CC1(C#N)CCN(CC(=O)NC2CCOCC2)CC1. The first-order valence-electron chi connectivity index (χ1n) is 7.12. The van der Waals surface area contributed by atoms with Gasteiger partial charge in [0.05, 0.1) is 18.0 Å². The van der Waals surface area contributed by atoms with E-state index >= 15 is 0 Å². The van der Waals surface area contributed by atoms with E-state index in [1.54, 1.807) is 0 Å². The van der Waals surface area contributed by atoms with Gasteiger partial charge in [-0.1, -0.05) is 0 Å². The summed E-state index contributed by atoms with van der Waals surface area (Å²) in [7, 11) is 0. The second-order valence-electron chi connectivity index (χ2n) is 5.90. The predicted molar refractivity (Wildman–Crippen MR) is 71.4 cm³/mol. The van der Waals surface area contributed by atoms with Crippen molar-refractivity contribution < 1.29 is 9.53 Å². The Morgan fingerprint density at radius 2 is 2.05 bits per heavy atom. The molecule has 106 valence electrons. The molecule has 0 saturated carbocycles. The van der Waals surface area contributed by atoms with Gasteiger partial charge in [-0.05, 0) is 32.6 Å². The van der Waals surface area contributed by atoms with Crippen LogP contribution in [-0.2, 0) is 9.53 Å². The Morgan fingerprint density at radius 1 is 1.42 bits per heavy atom. The van der Waals surface area contributed by atoms with Crippen LogP contribution in [0.4, 0.5) is 0 Å². The van der Waals surface area contributed by atoms with Gasteiger partial charge in [0.25, 0.3) is 0 Å². The molecule has 0 aromatic rings. The lowest BCUT2D eigenvalue weighted by Crippen LogP contribution is -2.47. The number of nitriles is 1. The summed E-state index contributed by atoms with van der Waals surface area (Å²) in [5.41, 5.74) is -0.201. The molecule has 2 saturated heterocycles. The van der Waals surface area contributed by atoms with Gasteiger partial charge in [-0.2, -0.15) is 5.26 Å². The van der Waals surface area contributed by atoms with Gasteiger partial charge in [0.2, 0.25) is 5.91 Å². The largest absolute Gasteiger partial charge is 0.381 e. The zero-order valence-electron chi connectivity index (χ0n) is 11.7. The number of hydrogen-bond donors (Lipinski definition) is 1. The third-order valence-corrected chi connectivity index (χ3v) is 4.18. The molecule has 2 aliphatic rings. The number of nitrogens with zero attached hydrogens (tertiary/aromatic N) is 2. The maximum atomic E-state index is 12.0. The fourth-order valence-electron chi connectivity index (χ4n) is 2.63. The average Bonchev–Trinajstić information content (AvgIpc) is 2.43. The van der Waals surface area contributed by atoms with E-state index in [-0.39, 0.29) is 17.4 Å². The van der Waals surface area contributed by atoms with Crippen LogP contribution in [0.25, 0.3) is 0 Å². The molecule has 0 aliphatic carbocycles. The highest BCUT2D eigenvalue weighted by atomic mass is 16.5. The van der Waals surface area contributed by atoms with Crippen molar-refractivity contribution in [2.24, 2.45) is 5.41 Å². The van der Waals surface area contributed by atoms with Crippen LogP contribution in [-0.4, -0.2) is 49.7 Å². The van der Waals surface area contributed by atoms with Gasteiger partial charge in [0, 0.05) is 32.3 Å². The average molecular weight is 265 g/mol. The fourth-order valence-corrected chi connectivity index (χ4v) is 2.63. The lowest BCUT2D eigenvalue weighted by Gasteiger charge is -2.34. The van der Waals surface area contributed by atoms with Gasteiger partial charge in [-0.3, -0.25) is 9.69 Å². The summed E-state index contributed by atoms with van der Waals surface area (Å²) in [5.74, 6) is 0.104. The number of ether oxygens (including phenoxy) is 1. The minimum Gasteiger partial charge on any atom is -0.381 e. The van der Waals surface area contributed by atoms with Crippen LogP contribution in [0, 0.1) is 16.7 Å². The molecular formula is C14H23N3O2. The molecule has 0 aromatic heterocycles. The zero-order chi connectivity index (χ0) is 13.7. The Hall–Kier alpha value is -1.12. The molecule has 2 rings (SSSR count). The van der Waals surface area contributed by atoms with Gasteiger partial charge >= 0.3 is 0 Å². The number of nitrogens with one attached hydrogen (secondary N) is 1. The van der Waals surface area contributed by atoms with Crippen LogP contribution >= 0.6 is 0 Å². The second-order valence-corrected chi connectivity index (χ2v) is 5.90. The molecule has 1 amide bonds. The van der Waals surface area contributed by atoms with E-state index in [9.17, 15) is 4.79 Å². The maximum Gasteiger partial charge on any atom is 0.234 e.